The molecule has 0 aliphatic carbocycles. The van der Waals surface area contributed by atoms with Gasteiger partial charge in [-0.2, -0.15) is 5.10 Å². The van der Waals surface area contributed by atoms with Crippen molar-refractivity contribution in [3.8, 4) is 11.5 Å². The summed E-state index contributed by atoms with van der Waals surface area (Å²) in [6.45, 7) is 2.52. The van der Waals surface area contributed by atoms with Crippen molar-refractivity contribution < 1.29 is 13.5 Å². The summed E-state index contributed by atoms with van der Waals surface area (Å²) in [5.41, 5.74) is 2.82. The zero-order chi connectivity index (χ0) is 26.9. The number of hydrogen-bond acceptors (Lipinski definition) is 9. The number of pyridine rings is 2. The topological polar surface area (TPSA) is 96.6 Å². The van der Waals surface area contributed by atoms with Crippen molar-refractivity contribution in [3.63, 3.8) is 0 Å². The van der Waals surface area contributed by atoms with Crippen LogP contribution in [-0.4, -0.2) is 68.2 Å². The van der Waals surface area contributed by atoms with Gasteiger partial charge in [-0.05, 0) is 38.7 Å². The lowest BCUT2D eigenvalue weighted by atomic mass is 10.2. The van der Waals surface area contributed by atoms with Crippen molar-refractivity contribution in [3.05, 3.63) is 78.5 Å². The molecular formula is C27H25F2N9O. The van der Waals surface area contributed by atoms with Crippen LogP contribution in [0.15, 0.2) is 66.9 Å². The Balaban J connectivity index is 1.24. The summed E-state index contributed by atoms with van der Waals surface area (Å²) in [6, 6.07) is 8.94. The first kappa shape index (κ1) is 24.6. The van der Waals surface area contributed by atoms with Crippen molar-refractivity contribution >= 4 is 34.0 Å². The summed E-state index contributed by atoms with van der Waals surface area (Å²) in [6.07, 6.45) is 7.58. The second-order valence-corrected chi connectivity index (χ2v) is 9.47. The van der Waals surface area contributed by atoms with Gasteiger partial charge < -0.3 is 19.9 Å². The molecule has 5 aromatic rings. The molecule has 1 N–H and O–H groups in total. The third kappa shape index (κ3) is 5.18. The lowest BCUT2D eigenvalue weighted by Gasteiger charge is -2.17. The van der Waals surface area contributed by atoms with Gasteiger partial charge in [0.1, 0.15) is 29.7 Å². The van der Waals surface area contributed by atoms with Crippen LogP contribution in [0.1, 0.15) is 6.42 Å². The van der Waals surface area contributed by atoms with Gasteiger partial charge in [0, 0.05) is 44.0 Å². The van der Waals surface area contributed by atoms with Crippen molar-refractivity contribution in [2.75, 3.05) is 43.9 Å². The normalized spacial score (nSPS) is 14.7. The fourth-order valence-electron chi connectivity index (χ4n) is 4.37. The number of nitrogens with one attached hydrogen (secondary N) is 1. The van der Waals surface area contributed by atoms with Gasteiger partial charge in [-0.15, -0.1) is 0 Å². The largest absolute Gasteiger partial charge is 0.454 e. The van der Waals surface area contributed by atoms with Crippen LogP contribution in [0.2, 0.25) is 0 Å². The molecule has 0 atom stereocenters. The van der Waals surface area contributed by atoms with Gasteiger partial charge in [-0.1, -0.05) is 11.6 Å². The first-order valence-corrected chi connectivity index (χ1v) is 12.4. The first-order chi connectivity index (χ1) is 18.9. The Bertz CT molecular complexity index is 1700. The van der Waals surface area contributed by atoms with Crippen LogP contribution < -0.4 is 15.0 Å². The van der Waals surface area contributed by atoms with E-state index in [1.807, 2.05) is 26.2 Å². The Morgan fingerprint density at radius 2 is 1.95 bits per heavy atom. The van der Waals surface area contributed by atoms with Crippen molar-refractivity contribution in [1.29, 1.82) is 0 Å². The van der Waals surface area contributed by atoms with E-state index in [0.29, 0.717) is 22.4 Å². The molecule has 1 saturated heterocycles. The summed E-state index contributed by atoms with van der Waals surface area (Å²) in [7, 11) is 4.08. The molecule has 10 nitrogen and oxygen atoms in total. The molecule has 5 heterocycles. The lowest BCUT2D eigenvalue weighted by Crippen LogP contribution is -2.19. The Morgan fingerprint density at radius 3 is 2.82 bits per heavy atom. The smallest absolute Gasteiger partial charge is 0.168 e. The standard InChI is InChI=1S/C27H25F2N9O/c1-36(2)8-5-17-6-9-37(14-17)24-4-3-21-26(35-24)27(32-15-30-21)34-22-12-20(29)23(13-19(22)28)39-18-7-10-38-25(11-18)31-16-33-38/h3-5,7,10-13,15-16H,6,8-9,14H2,1-2H3,(H,30,32,34)/b17-5+. The number of anilines is 3. The summed E-state index contributed by atoms with van der Waals surface area (Å²) < 4.78 is 37.2. The van der Waals surface area contributed by atoms with E-state index < -0.39 is 11.6 Å². The highest BCUT2D eigenvalue weighted by Gasteiger charge is 2.20. The molecule has 1 aliphatic heterocycles. The van der Waals surface area contributed by atoms with E-state index in [4.69, 9.17) is 9.72 Å². The minimum atomic E-state index is -0.749. The fourth-order valence-corrected chi connectivity index (χ4v) is 4.37. The van der Waals surface area contributed by atoms with E-state index in [1.54, 1.807) is 18.3 Å². The number of likely N-dealkylation sites (N-methyl/N-ethyl adjacent to an activating group) is 1. The molecule has 0 radical (unpaired) electrons. The van der Waals surface area contributed by atoms with Gasteiger partial charge in [0.25, 0.3) is 0 Å². The predicted octanol–water partition coefficient (Wildman–Crippen LogP) is 4.58. The number of rotatable bonds is 7. The van der Waals surface area contributed by atoms with E-state index in [1.165, 1.54) is 22.7 Å². The molecule has 0 spiro atoms. The van der Waals surface area contributed by atoms with Crippen molar-refractivity contribution in [1.82, 2.24) is 34.4 Å². The van der Waals surface area contributed by atoms with E-state index in [0.717, 1.165) is 44.0 Å². The highest BCUT2D eigenvalue weighted by molar-refractivity contribution is 5.88. The van der Waals surface area contributed by atoms with Crippen LogP contribution in [0.5, 0.6) is 11.5 Å². The number of hydrogen-bond donors (Lipinski definition) is 1. The fraction of sp³-hybridized carbons (Fsp3) is 0.222. The summed E-state index contributed by atoms with van der Waals surface area (Å²) in [5, 5.41) is 6.89. The third-order valence-electron chi connectivity index (χ3n) is 6.39. The van der Waals surface area contributed by atoms with Gasteiger partial charge in [0.2, 0.25) is 0 Å². The van der Waals surface area contributed by atoms with Crippen molar-refractivity contribution in [2.45, 2.75) is 6.42 Å². The average Bonchev–Trinajstić information content (AvgIpc) is 3.60. The maximum absolute atomic E-state index is 15.1. The second kappa shape index (κ2) is 10.2. The molecule has 39 heavy (non-hydrogen) atoms. The van der Waals surface area contributed by atoms with E-state index >= 15 is 4.39 Å². The van der Waals surface area contributed by atoms with E-state index in [9.17, 15) is 4.39 Å². The quantitative estimate of drug-likeness (QED) is 0.304. The molecule has 0 unspecified atom stereocenters. The molecule has 0 bridgehead atoms. The highest BCUT2D eigenvalue weighted by Crippen LogP contribution is 2.32. The Morgan fingerprint density at radius 1 is 1.05 bits per heavy atom. The Kier molecular flexibility index (Phi) is 6.45. The summed E-state index contributed by atoms with van der Waals surface area (Å²) >= 11 is 0. The van der Waals surface area contributed by atoms with E-state index in [2.05, 4.69) is 41.2 Å². The third-order valence-corrected chi connectivity index (χ3v) is 6.39. The van der Waals surface area contributed by atoms with Gasteiger partial charge in [0.15, 0.2) is 28.8 Å². The molecule has 4 aromatic heterocycles. The van der Waals surface area contributed by atoms with Crippen molar-refractivity contribution in [2.24, 2.45) is 0 Å². The van der Waals surface area contributed by atoms with Gasteiger partial charge in [-0.3, -0.25) is 0 Å². The van der Waals surface area contributed by atoms with E-state index in [-0.39, 0.29) is 17.3 Å². The van der Waals surface area contributed by atoms with Crippen LogP contribution >= 0.6 is 0 Å². The zero-order valence-corrected chi connectivity index (χ0v) is 21.3. The molecule has 198 valence electrons. The van der Waals surface area contributed by atoms with Gasteiger partial charge in [0.05, 0.1) is 11.2 Å². The maximum atomic E-state index is 15.1. The molecule has 12 heteroatoms. The number of halogens is 2. The Labute approximate surface area is 222 Å². The molecular weight excluding hydrogens is 504 g/mol. The predicted molar refractivity (Wildman–Crippen MR) is 144 cm³/mol. The molecule has 6 rings (SSSR count). The first-order valence-electron chi connectivity index (χ1n) is 12.4. The molecule has 0 saturated carbocycles. The van der Waals surface area contributed by atoms with Gasteiger partial charge in [-0.25, -0.2) is 33.2 Å². The molecule has 1 aromatic carbocycles. The minimum absolute atomic E-state index is 0.102. The van der Waals surface area contributed by atoms with Crippen LogP contribution in [0.25, 0.3) is 16.7 Å². The maximum Gasteiger partial charge on any atom is 0.168 e. The number of benzene rings is 1. The number of fused-ring (bicyclic) bond motifs is 2. The van der Waals surface area contributed by atoms with Gasteiger partial charge >= 0.3 is 0 Å². The molecule has 1 fully saturated rings. The minimum Gasteiger partial charge on any atom is -0.454 e. The average molecular weight is 530 g/mol. The van der Waals surface area contributed by atoms with Crippen LogP contribution in [0, 0.1) is 11.6 Å². The number of ether oxygens (including phenoxy) is 1. The van der Waals surface area contributed by atoms with Crippen LogP contribution in [0.4, 0.5) is 26.1 Å². The molecule has 1 aliphatic rings. The van der Waals surface area contributed by atoms with Crippen LogP contribution in [0.3, 0.4) is 0 Å². The highest BCUT2D eigenvalue weighted by atomic mass is 19.1. The monoisotopic (exact) mass is 529 g/mol. The SMILES string of the molecule is CN(C)C/C=C1\CCN(c2ccc3ncnc(Nc4cc(F)c(Oc5ccn6ncnc6c5)cc4F)c3n2)C1. The van der Waals surface area contributed by atoms with Crippen LogP contribution in [-0.2, 0) is 0 Å². The summed E-state index contributed by atoms with van der Waals surface area (Å²) in [4.78, 5) is 21.7. The Hall–Kier alpha value is -4.71. The number of nitrogens with zero attached hydrogens (tertiary/aromatic N) is 8. The lowest BCUT2D eigenvalue weighted by molar-refractivity contribution is 0.437. The zero-order valence-electron chi connectivity index (χ0n) is 21.3. The second-order valence-electron chi connectivity index (χ2n) is 9.47. The summed E-state index contributed by atoms with van der Waals surface area (Å²) in [5.74, 6) is -0.381. The molecule has 0 amide bonds. The number of aromatic nitrogens is 6.